The Morgan fingerprint density at radius 3 is 2.95 bits per heavy atom. The standard InChI is InChI=1S/C14H20ClNO3/c1-2-18-9-10-19-13-6-3-5-12(11-13)16-14(17)7-4-8-15/h3,5-6,11H,2,4,7-10H2,1H3,(H,16,17). The van der Waals surface area contributed by atoms with Crippen LogP contribution in [0.25, 0.3) is 0 Å². The molecule has 4 nitrogen and oxygen atoms in total. The van der Waals surface area contributed by atoms with Crippen molar-refractivity contribution in [2.45, 2.75) is 19.8 Å². The van der Waals surface area contributed by atoms with Gasteiger partial charge in [-0.2, -0.15) is 0 Å². The van der Waals surface area contributed by atoms with E-state index >= 15 is 0 Å². The lowest BCUT2D eigenvalue weighted by atomic mass is 10.2. The van der Waals surface area contributed by atoms with Crippen LogP contribution >= 0.6 is 11.6 Å². The molecule has 0 fully saturated rings. The van der Waals surface area contributed by atoms with E-state index in [4.69, 9.17) is 21.1 Å². The van der Waals surface area contributed by atoms with Crippen LogP contribution in [0.5, 0.6) is 5.75 Å². The highest BCUT2D eigenvalue weighted by molar-refractivity contribution is 6.18. The van der Waals surface area contributed by atoms with Crippen molar-refractivity contribution in [1.82, 2.24) is 0 Å². The first-order chi connectivity index (χ1) is 9.26. The van der Waals surface area contributed by atoms with E-state index in [9.17, 15) is 4.79 Å². The smallest absolute Gasteiger partial charge is 0.224 e. The number of ether oxygens (including phenoxy) is 2. The number of anilines is 1. The zero-order chi connectivity index (χ0) is 13.9. The summed E-state index contributed by atoms with van der Waals surface area (Å²) in [4.78, 5) is 11.6. The molecule has 1 amide bonds. The van der Waals surface area contributed by atoms with Gasteiger partial charge in [0.1, 0.15) is 12.4 Å². The second-order valence-corrected chi connectivity index (χ2v) is 4.29. The van der Waals surface area contributed by atoms with E-state index in [0.717, 1.165) is 11.4 Å². The summed E-state index contributed by atoms with van der Waals surface area (Å²) in [6, 6.07) is 7.31. The summed E-state index contributed by atoms with van der Waals surface area (Å²) in [7, 11) is 0. The normalized spacial score (nSPS) is 10.2. The molecule has 1 rings (SSSR count). The number of amides is 1. The first kappa shape index (κ1) is 15.8. The van der Waals surface area contributed by atoms with E-state index < -0.39 is 0 Å². The highest BCUT2D eigenvalue weighted by Crippen LogP contribution is 2.17. The molecular formula is C14H20ClNO3. The lowest BCUT2D eigenvalue weighted by Crippen LogP contribution is -2.11. The highest BCUT2D eigenvalue weighted by Gasteiger charge is 2.03. The van der Waals surface area contributed by atoms with Crippen molar-refractivity contribution < 1.29 is 14.3 Å². The van der Waals surface area contributed by atoms with Gasteiger partial charge in [0.05, 0.1) is 6.61 Å². The van der Waals surface area contributed by atoms with E-state index in [1.165, 1.54) is 0 Å². The van der Waals surface area contributed by atoms with Crippen molar-refractivity contribution in [3.8, 4) is 5.75 Å². The van der Waals surface area contributed by atoms with E-state index in [0.29, 0.717) is 38.5 Å². The Balaban J connectivity index is 2.40. The number of hydrogen-bond acceptors (Lipinski definition) is 3. The maximum atomic E-state index is 11.6. The number of rotatable bonds is 9. The van der Waals surface area contributed by atoms with Gasteiger partial charge in [-0.05, 0) is 25.5 Å². The third-order valence-corrected chi connectivity index (χ3v) is 2.62. The summed E-state index contributed by atoms with van der Waals surface area (Å²) in [5.74, 6) is 1.18. The molecule has 0 unspecified atom stereocenters. The summed E-state index contributed by atoms with van der Waals surface area (Å²) < 4.78 is 10.7. The van der Waals surface area contributed by atoms with Crippen LogP contribution in [0.2, 0.25) is 0 Å². The van der Waals surface area contributed by atoms with Crippen LogP contribution in [-0.4, -0.2) is 31.6 Å². The van der Waals surface area contributed by atoms with Gasteiger partial charge in [-0.15, -0.1) is 11.6 Å². The summed E-state index contributed by atoms with van der Waals surface area (Å²) in [5.41, 5.74) is 0.730. The molecule has 0 spiro atoms. The predicted octanol–water partition coefficient (Wildman–Crippen LogP) is 3.06. The maximum absolute atomic E-state index is 11.6. The molecule has 0 aliphatic carbocycles. The Kier molecular flexibility index (Phi) is 8.02. The fraction of sp³-hybridized carbons (Fsp3) is 0.500. The van der Waals surface area contributed by atoms with Crippen LogP contribution in [0.15, 0.2) is 24.3 Å². The third kappa shape index (κ3) is 7.03. The molecule has 0 heterocycles. The third-order valence-electron chi connectivity index (χ3n) is 2.36. The molecular weight excluding hydrogens is 266 g/mol. The van der Waals surface area contributed by atoms with E-state index in [1.807, 2.05) is 25.1 Å². The zero-order valence-corrected chi connectivity index (χ0v) is 11.9. The van der Waals surface area contributed by atoms with Gasteiger partial charge in [0.15, 0.2) is 0 Å². The Morgan fingerprint density at radius 1 is 1.37 bits per heavy atom. The molecule has 0 saturated heterocycles. The molecule has 0 bridgehead atoms. The Bertz CT molecular complexity index is 385. The second kappa shape index (κ2) is 9.64. The minimum absolute atomic E-state index is 0.0351. The van der Waals surface area contributed by atoms with Crippen LogP contribution in [-0.2, 0) is 9.53 Å². The molecule has 1 aromatic rings. The molecule has 1 N–H and O–H groups in total. The van der Waals surface area contributed by atoms with Crippen LogP contribution in [0.4, 0.5) is 5.69 Å². The fourth-order valence-electron chi connectivity index (χ4n) is 1.48. The molecule has 0 saturated carbocycles. The van der Waals surface area contributed by atoms with E-state index in [1.54, 1.807) is 6.07 Å². The molecule has 0 aliphatic rings. The SMILES string of the molecule is CCOCCOc1cccc(NC(=O)CCCCl)c1. The molecule has 0 atom stereocenters. The van der Waals surface area contributed by atoms with Crippen LogP contribution in [0.3, 0.4) is 0 Å². The largest absolute Gasteiger partial charge is 0.491 e. The summed E-state index contributed by atoms with van der Waals surface area (Å²) >= 11 is 5.54. The zero-order valence-electron chi connectivity index (χ0n) is 11.2. The Morgan fingerprint density at radius 2 is 2.21 bits per heavy atom. The number of hydrogen-bond donors (Lipinski definition) is 1. The van der Waals surface area contributed by atoms with Gasteiger partial charge in [-0.3, -0.25) is 4.79 Å². The molecule has 19 heavy (non-hydrogen) atoms. The first-order valence-corrected chi connectivity index (χ1v) is 6.96. The molecule has 0 radical (unpaired) electrons. The van der Waals surface area contributed by atoms with Crippen molar-refractivity contribution in [2.24, 2.45) is 0 Å². The summed E-state index contributed by atoms with van der Waals surface area (Å²) in [6.45, 7) is 3.68. The Labute approximate surface area is 119 Å². The Hall–Kier alpha value is -1.26. The number of alkyl halides is 1. The molecule has 1 aromatic carbocycles. The van der Waals surface area contributed by atoms with Crippen molar-refractivity contribution in [3.63, 3.8) is 0 Å². The molecule has 106 valence electrons. The van der Waals surface area contributed by atoms with Gasteiger partial charge < -0.3 is 14.8 Å². The van der Waals surface area contributed by atoms with Crippen LogP contribution in [0, 0.1) is 0 Å². The van der Waals surface area contributed by atoms with Crippen molar-refractivity contribution in [2.75, 3.05) is 31.0 Å². The minimum atomic E-state index is -0.0351. The second-order valence-electron chi connectivity index (χ2n) is 3.91. The first-order valence-electron chi connectivity index (χ1n) is 6.42. The van der Waals surface area contributed by atoms with Crippen molar-refractivity contribution in [3.05, 3.63) is 24.3 Å². The van der Waals surface area contributed by atoms with Gasteiger partial charge >= 0.3 is 0 Å². The lowest BCUT2D eigenvalue weighted by Gasteiger charge is -2.09. The fourth-order valence-corrected chi connectivity index (χ4v) is 1.61. The number of carbonyl (C=O) groups is 1. The van der Waals surface area contributed by atoms with E-state index in [-0.39, 0.29) is 5.91 Å². The lowest BCUT2D eigenvalue weighted by molar-refractivity contribution is -0.116. The van der Waals surface area contributed by atoms with Gasteiger partial charge in [0, 0.05) is 30.7 Å². The number of benzene rings is 1. The quantitative estimate of drug-likeness (QED) is 0.560. The van der Waals surface area contributed by atoms with Gasteiger partial charge in [0.2, 0.25) is 5.91 Å². The number of carbonyl (C=O) groups excluding carboxylic acids is 1. The number of halogens is 1. The average molecular weight is 286 g/mol. The topological polar surface area (TPSA) is 47.6 Å². The molecule has 0 aromatic heterocycles. The summed E-state index contributed by atoms with van der Waals surface area (Å²) in [6.07, 6.45) is 1.11. The van der Waals surface area contributed by atoms with Crippen molar-refractivity contribution >= 4 is 23.2 Å². The van der Waals surface area contributed by atoms with Crippen LogP contribution < -0.4 is 10.1 Å². The summed E-state index contributed by atoms with van der Waals surface area (Å²) in [5, 5.41) is 2.81. The van der Waals surface area contributed by atoms with E-state index in [2.05, 4.69) is 5.32 Å². The average Bonchev–Trinajstić information content (AvgIpc) is 2.42. The van der Waals surface area contributed by atoms with Gasteiger partial charge in [0.25, 0.3) is 0 Å². The maximum Gasteiger partial charge on any atom is 0.224 e. The minimum Gasteiger partial charge on any atom is -0.491 e. The van der Waals surface area contributed by atoms with Gasteiger partial charge in [-0.1, -0.05) is 6.07 Å². The molecule has 5 heteroatoms. The van der Waals surface area contributed by atoms with Gasteiger partial charge in [-0.25, -0.2) is 0 Å². The predicted molar refractivity (Wildman–Crippen MR) is 77.0 cm³/mol. The highest BCUT2D eigenvalue weighted by atomic mass is 35.5. The molecule has 0 aliphatic heterocycles. The number of nitrogens with one attached hydrogen (secondary N) is 1. The van der Waals surface area contributed by atoms with Crippen molar-refractivity contribution in [1.29, 1.82) is 0 Å². The van der Waals surface area contributed by atoms with Crippen LogP contribution in [0.1, 0.15) is 19.8 Å². The monoisotopic (exact) mass is 285 g/mol.